The largest absolute Gasteiger partial charge is 0.398 e. The Hall–Kier alpha value is -2.69. The molecule has 2 aromatic rings. The highest BCUT2D eigenvalue weighted by molar-refractivity contribution is 6.23. The molecule has 0 bridgehead atoms. The summed E-state index contributed by atoms with van der Waals surface area (Å²) in [5.41, 5.74) is 7.57. The summed E-state index contributed by atoms with van der Waals surface area (Å²) in [7, 11) is 0. The van der Waals surface area contributed by atoms with E-state index in [9.17, 15) is 14.0 Å². The minimum atomic E-state index is -0.366. The first-order valence-corrected chi connectivity index (χ1v) is 6.57. The fourth-order valence-electron chi connectivity index (χ4n) is 2.45. The van der Waals surface area contributed by atoms with Gasteiger partial charge in [0.15, 0.2) is 0 Å². The van der Waals surface area contributed by atoms with Crippen molar-refractivity contribution in [2.75, 3.05) is 12.3 Å². The average molecular weight is 284 g/mol. The van der Waals surface area contributed by atoms with Gasteiger partial charge in [-0.05, 0) is 36.2 Å². The summed E-state index contributed by atoms with van der Waals surface area (Å²) in [6, 6.07) is 10.9. The third-order valence-corrected chi connectivity index (χ3v) is 3.57. The Morgan fingerprint density at radius 2 is 1.71 bits per heavy atom. The standard InChI is InChI=1S/C16H13FN2O2/c17-11-6-4-10(5-7-11)8-9-19-15(20)12-2-1-3-13(18)14(12)16(19)21/h1-7H,8-9,18H2. The van der Waals surface area contributed by atoms with E-state index in [0.29, 0.717) is 17.7 Å². The number of hydrogen-bond donors (Lipinski definition) is 1. The van der Waals surface area contributed by atoms with E-state index in [1.807, 2.05) is 0 Å². The number of carbonyl (C=O) groups excluding carboxylic acids is 2. The molecule has 0 saturated heterocycles. The first kappa shape index (κ1) is 13.3. The van der Waals surface area contributed by atoms with Gasteiger partial charge in [0, 0.05) is 12.2 Å². The zero-order valence-electron chi connectivity index (χ0n) is 11.2. The lowest BCUT2D eigenvalue weighted by atomic mass is 10.1. The number of nitrogens with two attached hydrogens (primary N) is 1. The van der Waals surface area contributed by atoms with Gasteiger partial charge >= 0.3 is 0 Å². The second-order valence-electron chi connectivity index (χ2n) is 4.91. The average Bonchev–Trinajstić information content (AvgIpc) is 2.72. The van der Waals surface area contributed by atoms with Crippen molar-refractivity contribution in [1.29, 1.82) is 0 Å². The van der Waals surface area contributed by atoms with E-state index in [0.717, 1.165) is 5.56 Å². The number of fused-ring (bicyclic) bond motifs is 1. The molecule has 5 heteroatoms. The zero-order chi connectivity index (χ0) is 15.0. The summed E-state index contributed by atoms with van der Waals surface area (Å²) in [6.07, 6.45) is 0.478. The quantitative estimate of drug-likeness (QED) is 0.694. The van der Waals surface area contributed by atoms with Gasteiger partial charge in [-0.3, -0.25) is 14.5 Å². The molecule has 0 aliphatic carbocycles. The zero-order valence-corrected chi connectivity index (χ0v) is 11.2. The van der Waals surface area contributed by atoms with E-state index < -0.39 is 0 Å². The smallest absolute Gasteiger partial charge is 0.263 e. The maximum Gasteiger partial charge on any atom is 0.263 e. The molecule has 2 aromatic carbocycles. The van der Waals surface area contributed by atoms with Crippen molar-refractivity contribution >= 4 is 17.5 Å². The number of imide groups is 1. The summed E-state index contributed by atoms with van der Waals surface area (Å²) < 4.78 is 12.8. The number of amides is 2. The third kappa shape index (κ3) is 2.27. The number of carbonyl (C=O) groups is 2. The van der Waals surface area contributed by atoms with Crippen molar-refractivity contribution < 1.29 is 14.0 Å². The molecule has 0 fully saturated rings. The fourth-order valence-corrected chi connectivity index (χ4v) is 2.45. The van der Waals surface area contributed by atoms with Crippen molar-refractivity contribution in [1.82, 2.24) is 4.90 Å². The highest BCUT2D eigenvalue weighted by Crippen LogP contribution is 2.27. The van der Waals surface area contributed by atoms with Gasteiger partial charge in [0.1, 0.15) is 5.82 Å². The summed E-state index contributed by atoms with van der Waals surface area (Å²) >= 11 is 0. The van der Waals surface area contributed by atoms with Crippen LogP contribution in [-0.2, 0) is 6.42 Å². The Labute approximate surface area is 121 Å². The first-order chi connectivity index (χ1) is 10.1. The number of halogens is 1. The van der Waals surface area contributed by atoms with E-state index in [2.05, 4.69) is 0 Å². The van der Waals surface area contributed by atoms with E-state index in [1.165, 1.54) is 17.0 Å². The molecule has 2 N–H and O–H groups in total. The van der Waals surface area contributed by atoms with Crippen molar-refractivity contribution in [3.05, 3.63) is 65.0 Å². The lowest BCUT2D eigenvalue weighted by Crippen LogP contribution is -2.31. The molecule has 21 heavy (non-hydrogen) atoms. The number of rotatable bonds is 3. The molecule has 2 amide bonds. The Kier molecular flexibility index (Phi) is 3.17. The molecule has 4 nitrogen and oxygen atoms in total. The van der Waals surface area contributed by atoms with Crippen molar-refractivity contribution in [2.45, 2.75) is 6.42 Å². The minimum absolute atomic E-state index is 0.247. The molecule has 0 atom stereocenters. The van der Waals surface area contributed by atoms with Crippen LogP contribution >= 0.6 is 0 Å². The molecule has 106 valence electrons. The van der Waals surface area contributed by atoms with Gasteiger partial charge in [-0.15, -0.1) is 0 Å². The van der Waals surface area contributed by atoms with E-state index in [4.69, 9.17) is 5.73 Å². The van der Waals surface area contributed by atoms with E-state index in [1.54, 1.807) is 30.3 Å². The van der Waals surface area contributed by atoms with Crippen LogP contribution in [0.15, 0.2) is 42.5 Å². The molecule has 0 spiro atoms. The van der Waals surface area contributed by atoms with Gasteiger partial charge in [0.25, 0.3) is 11.8 Å². The molecular formula is C16H13FN2O2. The molecule has 0 aromatic heterocycles. The minimum Gasteiger partial charge on any atom is -0.398 e. The Morgan fingerprint density at radius 1 is 1.00 bits per heavy atom. The van der Waals surface area contributed by atoms with E-state index >= 15 is 0 Å². The number of benzene rings is 2. The van der Waals surface area contributed by atoms with Gasteiger partial charge < -0.3 is 5.73 Å². The maximum atomic E-state index is 12.8. The second kappa shape index (κ2) is 5.01. The number of hydrogen-bond acceptors (Lipinski definition) is 3. The van der Waals surface area contributed by atoms with Gasteiger partial charge in [-0.25, -0.2) is 4.39 Å². The van der Waals surface area contributed by atoms with Gasteiger partial charge in [0.2, 0.25) is 0 Å². The van der Waals surface area contributed by atoms with Crippen molar-refractivity contribution in [3.8, 4) is 0 Å². The lowest BCUT2D eigenvalue weighted by molar-refractivity contribution is 0.0656. The van der Waals surface area contributed by atoms with Gasteiger partial charge in [0.05, 0.1) is 11.1 Å². The van der Waals surface area contributed by atoms with Gasteiger partial charge in [-0.2, -0.15) is 0 Å². The Balaban J connectivity index is 1.79. The Bertz CT molecular complexity index is 726. The summed E-state index contributed by atoms with van der Waals surface area (Å²) in [6.45, 7) is 0.247. The highest BCUT2D eigenvalue weighted by Gasteiger charge is 2.36. The van der Waals surface area contributed by atoms with Crippen LogP contribution in [0.3, 0.4) is 0 Å². The summed E-state index contributed by atoms with van der Waals surface area (Å²) in [5, 5.41) is 0. The van der Waals surface area contributed by atoms with Crippen LogP contribution in [0.4, 0.5) is 10.1 Å². The summed E-state index contributed by atoms with van der Waals surface area (Å²) in [4.78, 5) is 25.7. The molecule has 1 aliphatic rings. The fraction of sp³-hybridized carbons (Fsp3) is 0.125. The van der Waals surface area contributed by atoms with Crippen LogP contribution in [0.2, 0.25) is 0 Å². The molecular weight excluding hydrogens is 271 g/mol. The molecule has 0 saturated carbocycles. The SMILES string of the molecule is Nc1cccc2c1C(=O)N(CCc1ccc(F)cc1)C2=O. The molecule has 3 rings (SSSR count). The predicted molar refractivity (Wildman–Crippen MR) is 76.3 cm³/mol. The normalized spacial score (nSPS) is 13.7. The Morgan fingerprint density at radius 3 is 2.38 bits per heavy atom. The predicted octanol–water partition coefficient (Wildman–Crippen LogP) is 2.25. The topological polar surface area (TPSA) is 63.4 Å². The van der Waals surface area contributed by atoms with Crippen LogP contribution in [-0.4, -0.2) is 23.3 Å². The molecule has 1 aliphatic heterocycles. The van der Waals surface area contributed by atoms with Crippen LogP contribution in [0.1, 0.15) is 26.3 Å². The number of nitrogen functional groups attached to an aromatic ring is 1. The van der Waals surface area contributed by atoms with Crippen LogP contribution in [0, 0.1) is 5.82 Å². The van der Waals surface area contributed by atoms with Crippen molar-refractivity contribution in [3.63, 3.8) is 0 Å². The van der Waals surface area contributed by atoms with Crippen LogP contribution < -0.4 is 5.73 Å². The monoisotopic (exact) mass is 284 g/mol. The summed E-state index contributed by atoms with van der Waals surface area (Å²) in [5.74, 6) is -1.01. The lowest BCUT2D eigenvalue weighted by Gasteiger charge is -2.13. The molecule has 0 unspecified atom stereocenters. The van der Waals surface area contributed by atoms with Gasteiger partial charge in [-0.1, -0.05) is 18.2 Å². The van der Waals surface area contributed by atoms with E-state index in [-0.39, 0.29) is 29.7 Å². The molecule has 1 heterocycles. The van der Waals surface area contributed by atoms with Crippen molar-refractivity contribution in [2.24, 2.45) is 0 Å². The molecule has 0 radical (unpaired) electrons. The maximum absolute atomic E-state index is 12.8. The third-order valence-electron chi connectivity index (χ3n) is 3.57. The van der Waals surface area contributed by atoms with Crippen LogP contribution in [0.25, 0.3) is 0 Å². The second-order valence-corrected chi connectivity index (χ2v) is 4.91. The number of anilines is 1. The van der Waals surface area contributed by atoms with Crippen LogP contribution in [0.5, 0.6) is 0 Å². The highest BCUT2D eigenvalue weighted by atomic mass is 19.1. The first-order valence-electron chi connectivity index (χ1n) is 6.57. The number of nitrogens with zero attached hydrogens (tertiary/aromatic N) is 1.